The normalized spacial score (nSPS) is 17.9. The maximum atomic E-state index is 14.5. The number of halogens is 4. The molecule has 1 unspecified atom stereocenters. The van der Waals surface area contributed by atoms with Gasteiger partial charge in [-0.05, 0) is 30.7 Å². The van der Waals surface area contributed by atoms with Crippen molar-refractivity contribution < 1.29 is 22.4 Å². The van der Waals surface area contributed by atoms with Gasteiger partial charge in [0.1, 0.15) is 5.82 Å². The zero-order valence-electron chi connectivity index (χ0n) is 14.7. The summed E-state index contributed by atoms with van der Waals surface area (Å²) in [6, 6.07) is 7.57. The lowest BCUT2D eigenvalue weighted by molar-refractivity contribution is -0.137. The van der Waals surface area contributed by atoms with Crippen molar-refractivity contribution in [2.45, 2.75) is 25.4 Å². The number of carbonyl (C=O) groups excluding carboxylic acids is 1. The van der Waals surface area contributed by atoms with Gasteiger partial charge in [0.15, 0.2) is 0 Å². The molecule has 0 fully saturated rings. The Morgan fingerprint density at radius 3 is 2.54 bits per heavy atom. The Hall–Kier alpha value is -3.16. The monoisotopic (exact) mass is 389 g/mol. The van der Waals surface area contributed by atoms with Crippen LogP contribution in [0.25, 0.3) is 10.9 Å². The number of allylic oxidation sites excluding steroid dienone is 2. The second-order valence-electron chi connectivity index (χ2n) is 6.73. The highest BCUT2D eigenvalue weighted by Gasteiger charge is 2.32. The molecule has 1 aromatic heterocycles. The van der Waals surface area contributed by atoms with Crippen LogP contribution < -0.4 is 4.90 Å². The highest BCUT2D eigenvalue weighted by Crippen LogP contribution is 2.36. The summed E-state index contributed by atoms with van der Waals surface area (Å²) in [5, 5.41) is 7.19. The Labute approximate surface area is 157 Å². The van der Waals surface area contributed by atoms with Crippen molar-refractivity contribution in [1.82, 2.24) is 10.2 Å². The van der Waals surface area contributed by atoms with Crippen LogP contribution in [0.3, 0.4) is 0 Å². The van der Waals surface area contributed by atoms with E-state index in [1.54, 1.807) is 19.1 Å². The Morgan fingerprint density at radius 2 is 1.89 bits per heavy atom. The molecule has 8 heteroatoms. The second-order valence-corrected chi connectivity index (χ2v) is 6.73. The second kappa shape index (κ2) is 6.47. The first kappa shape index (κ1) is 18.2. The lowest BCUT2D eigenvalue weighted by Gasteiger charge is -2.31. The van der Waals surface area contributed by atoms with Gasteiger partial charge in [-0.15, -0.1) is 0 Å². The number of hydrogen-bond donors (Lipinski definition) is 1. The zero-order chi connectivity index (χ0) is 20.1. The van der Waals surface area contributed by atoms with Gasteiger partial charge >= 0.3 is 6.18 Å². The van der Waals surface area contributed by atoms with Crippen molar-refractivity contribution in [3.63, 3.8) is 0 Å². The average molecular weight is 389 g/mol. The maximum absolute atomic E-state index is 14.5. The van der Waals surface area contributed by atoms with Gasteiger partial charge in [0.25, 0.3) is 0 Å². The molecule has 144 valence electrons. The molecule has 1 amide bonds. The number of H-pyrrole nitrogens is 1. The quantitative estimate of drug-likeness (QED) is 0.617. The molecule has 28 heavy (non-hydrogen) atoms. The summed E-state index contributed by atoms with van der Waals surface area (Å²) in [6.45, 7) is 1.67. The first-order valence-electron chi connectivity index (χ1n) is 8.55. The third kappa shape index (κ3) is 3.15. The van der Waals surface area contributed by atoms with Gasteiger partial charge in [-0.1, -0.05) is 18.2 Å². The summed E-state index contributed by atoms with van der Waals surface area (Å²) in [5.41, 5.74) is 1.03. The van der Waals surface area contributed by atoms with Crippen LogP contribution in [0.2, 0.25) is 0 Å². The molecule has 0 aliphatic carbocycles. The number of benzene rings is 2. The van der Waals surface area contributed by atoms with Gasteiger partial charge in [0, 0.05) is 29.5 Å². The van der Waals surface area contributed by atoms with Crippen molar-refractivity contribution >= 4 is 22.5 Å². The molecular formula is C20H15F4N3O. The Balaban J connectivity index is 1.67. The number of rotatable bonds is 2. The molecule has 1 N–H and O–H groups in total. The minimum atomic E-state index is -4.41. The number of fused-ring (bicyclic) bond motifs is 1. The molecule has 3 aromatic rings. The number of nitrogens with one attached hydrogen (secondary N) is 1. The molecule has 1 aliphatic rings. The van der Waals surface area contributed by atoms with E-state index >= 15 is 0 Å². The van der Waals surface area contributed by atoms with Gasteiger partial charge in [-0.2, -0.15) is 18.3 Å². The standard InChI is InChI=1S/C20H15F4N3O/c1-11-6-13(12-2-4-15(5-3-12)20(22,23)24)8-19(28)27(11)18-7-14-10-25-26-17(14)9-16(18)21/h2-7,9-10,13H,8H2,1H3,(H,25,26). The number of nitrogens with zero attached hydrogens (tertiary/aromatic N) is 2. The van der Waals surface area contributed by atoms with E-state index in [0.29, 0.717) is 22.2 Å². The molecule has 4 rings (SSSR count). The zero-order valence-corrected chi connectivity index (χ0v) is 14.7. The summed E-state index contributed by atoms with van der Waals surface area (Å²) in [5.74, 6) is -1.26. The van der Waals surface area contributed by atoms with E-state index < -0.39 is 17.6 Å². The van der Waals surface area contributed by atoms with Gasteiger partial charge in [-0.3, -0.25) is 14.8 Å². The Bertz CT molecular complexity index is 1080. The van der Waals surface area contributed by atoms with Crippen LogP contribution in [0, 0.1) is 5.82 Å². The van der Waals surface area contributed by atoms with Crippen molar-refractivity contribution in [1.29, 1.82) is 0 Å². The summed E-state index contributed by atoms with van der Waals surface area (Å²) < 4.78 is 52.7. The summed E-state index contributed by atoms with van der Waals surface area (Å²) in [7, 11) is 0. The van der Waals surface area contributed by atoms with E-state index in [1.807, 2.05) is 0 Å². The van der Waals surface area contributed by atoms with Gasteiger partial charge in [0.05, 0.1) is 23.0 Å². The minimum Gasteiger partial charge on any atom is -0.282 e. The van der Waals surface area contributed by atoms with Crippen molar-refractivity contribution in [2.24, 2.45) is 0 Å². The molecule has 0 saturated heterocycles. The Kier molecular flexibility index (Phi) is 4.21. The van der Waals surface area contributed by atoms with Crippen LogP contribution in [-0.4, -0.2) is 16.1 Å². The summed E-state index contributed by atoms with van der Waals surface area (Å²) in [4.78, 5) is 14.1. The third-order valence-electron chi connectivity index (χ3n) is 4.85. The SMILES string of the molecule is CC1=CC(c2ccc(C(F)(F)F)cc2)CC(=O)N1c1cc2cn[nH]c2cc1F. The predicted molar refractivity (Wildman–Crippen MR) is 96.1 cm³/mol. The van der Waals surface area contributed by atoms with Crippen LogP contribution in [0.15, 0.2) is 54.4 Å². The minimum absolute atomic E-state index is 0.0333. The number of amides is 1. The van der Waals surface area contributed by atoms with E-state index in [-0.39, 0.29) is 23.9 Å². The number of aromatic amines is 1. The van der Waals surface area contributed by atoms with Crippen LogP contribution in [0.5, 0.6) is 0 Å². The van der Waals surface area contributed by atoms with E-state index in [1.165, 1.54) is 29.3 Å². The molecule has 4 nitrogen and oxygen atoms in total. The molecular weight excluding hydrogens is 374 g/mol. The van der Waals surface area contributed by atoms with Gasteiger partial charge in [-0.25, -0.2) is 4.39 Å². The largest absolute Gasteiger partial charge is 0.416 e. The first-order chi connectivity index (χ1) is 13.2. The number of aromatic nitrogens is 2. The highest BCUT2D eigenvalue weighted by molar-refractivity contribution is 6.00. The van der Waals surface area contributed by atoms with Gasteiger partial charge < -0.3 is 0 Å². The van der Waals surface area contributed by atoms with Crippen molar-refractivity contribution in [3.05, 3.63) is 71.3 Å². The number of anilines is 1. The van der Waals surface area contributed by atoms with Crippen LogP contribution in [-0.2, 0) is 11.0 Å². The van der Waals surface area contributed by atoms with E-state index in [2.05, 4.69) is 10.2 Å². The van der Waals surface area contributed by atoms with E-state index in [4.69, 9.17) is 0 Å². The van der Waals surface area contributed by atoms with E-state index in [9.17, 15) is 22.4 Å². The molecule has 0 spiro atoms. The van der Waals surface area contributed by atoms with Crippen molar-refractivity contribution in [2.75, 3.05) is 4.90 Å². The van der Waals surface area contributed by atoms with Crippen LogP contribution in [0.1, 0.15) is 30.4 Å². The lowest BCUT2D eigenvalue weighted by Crippen LogP contribution is -2.34. The maximum Gasteiger partial charge on any atom is 0.416 e. The van der Waals surface area contributed by atoms with Gasteiger partial charge in [0.2, 0.25) is 5.91 Å². The molecule has 2 aromatic carbocycles. The van der Waals surface area contributed by atoms with Crippen LogP contribution in [0.4, 0.5) is 23.2 Å². The lowest BCUT2D eigenvalue weighted by atomic mass is 9.90. The molecule has 0 bridgehead atoms. The average Bonchev–Trinajstić information content (AvgIpc) is 3.07. The Morgan fingerprint density at radius 1 is 1.18 bits per heavy atom. The van der Waals surface area contributed by atoms with Crippen LogP contribution >= 0.6 is 0 Å². The fraction of sp³-hybridized carbons (Fsp3) is 0.200. The summed E-state index contributed by atoms with van der Waals surface area (Å²) >= 11 is 0. The molecule has 1 atom stereocenters. The fourth-order valence-corrected chi connectivity index (χ4v) is 3.48. The molecule has 2 heterocycles. The topological polar surface area (TPSA) is 49.0 Å². The number of hydrogen-bond acceptors (Lipinski definition) is 2. The first-order valence-corrected chi connectivity index (χ1v) is 8.55. The number of carbonyl (C=O) groups is 1. The third-order valence-corrected chi connectivity index (χ3v) is 4.85. The predicted octanol–water partition coefficient (Wildman–Crippen LogP) is 5.15. The smallest absolute Gasteiger partial charge is 0.282 e. The summed E-state index contributed by atoms with van der Waals surface area (Å²) in [6.07, 6.45) is -1.07. The number of alkyl halides is 3. The molecule has 0 radical (unpaired) electrons. The highest BCUT2D eigenvalue weighted by atomic mass is 19.4. The van der Waals surface area contributed by atoms with E-state index in [0.717, 1.165) is 12.1 Å². The van der Waals surface area contributed by atoms with Crippen molar-refractivity contribution in [3.8, 4) is 0 Å². The fourth-order valence-electron chi connectivity index (χ4n) is 3.48. The molecule has 0 saturated carbocycles. The molecule has 1 aliphatic heterocycles.